The molecule has 25 heavy (non-hydrogen) atoms. The van der Waals surface area contributed by atoms with Gasteiger partial charge in [-0.2, -0.15) is 5.10 Å². The molecular formula is C16H17ClN4O3S. The van der Waals surface area contributed by atoms with Crippen LogP contribution in [-0.2, 0) is 9.84 Å². The summed E-state index contributed by atoms with van der Waals surface area (Å²) < 4.78 is 25.1. The number of nitrogens with zero attached hydrogens (tertiary/aromatic N) is 2. The molecule has 0 radical (unpaired) electrons. The molecule has 3 heterocycles. The largest absolute Gasteiger partial charge is 0.361 e. The summed E-state index contributed by atoms with van der Waals surface area (Å²) in [6.07, 6.45) is -0.0164. The quantitative estimate of drug-likeness (QED) is 0.831. The van der Waals surface area contributed by atoms with Gasteiger partial charge in [0.1, 0.15) is 11.3 Å². The minimum Gasteiger partial charge on any atom is -0.361 e. The Morgan fingerprint density at radius 1 is 1.28 bits per heavy atom. The molecular weight excluding hydrogens is 364 g/mol. The van der Waals surface area contributed by atoms with Crippen molar-refractivity contribution in [1.82, 2.24) is 15.1 Å². The maximum absolute atomic E-state index is 12.3. The molecule has 4 rings (SSSR count). The first-order valence-corrected chi connectivity index (χ1v) is 10.2. The number of hydrogen-bond acceptors (Lipinski definition) is 5. The zero-order valence-corrected chi connectivity index (χ0v) is 15.1. The first-order chi connectivity index (χ1) is 11.9. The summed E-state index contributed by atoms with van der Waals surface area (Å²) in [5, 5.41) is 10.9. The van der Waals surface area contributed by atoms with Crippen LogP contribution in [0.4, 0.5) is 5.69 Å². The van der Waals surface area contributed by atoms with Crippen LogP contribution in [0.5, 0.6) is 0 Å². The Kier molecular flexibility index (Phi) is 3.77. The molecule has 1 saturated heterocycles. The fourth-order valence-corrected chi connectivity index (χ4v) is 5.54. The molecule has 132 valence electrons. The van der Waals surface area contributed by atoms with Crippen LogP contribution < -0.4 is 10.6 Å². The van der Waals surface area contributed by atoms with Gasteiger partial charge in [-0.1, -0.05) is 23.7 Å². The number of aryl methyl sites for hydroxylation is 1. The van der Waals surface area contributed by atoms with Gasteiger partial charge in [-0.3, -0.25) is 4.79 Å². The van der Waals surface area contributed by atoms with Gasteiger partial charge in [0.15, 0.2) is 9.84 Å². The molecule has 0 saturated carbocycles. The summed E-state index contributed by atoms with van der Waals surface area (Å²) in [7, 11) is -3.04. The summed E-state index contributed by atoms with van der Waals surface area (Å²) in [5.41, 5.74) is 2.62. The maximum Gasteiger partial charge on any atom is 0.255 e. The highest BCUT2D eigenvalue weighted by Gasteiger charge is 2.35. The zero-order valence-electron chi connectivity index (χ0n) is 13.5. The van der Waals surface area contributed by atoms with Gasteiger partial charge in [-0.05, 0) is 25.5 Å². The Bertz CT molecular complexity index is 970. The highest BCUT2D eigenvalue weighted by atomic mass is 35.5. The van der Waals surface area contributed by atoms with E-state index in [1.165, 1.54) is 0 Å². The number of fused-ring (bicyclic) bond motifs is 1. The lowest BCUT2D eigenvalue weighted by Gasteiger charge is -2.28. The van der Waals surface area contributed by atoms with Crippen LogP contribution in [0.25, 0.3) is 0 Å². The Morgan fingerprint density at radius 2 is 2.04 bits per heavy atom. The average molecular weight is 381 g/mol. The van der Waals surface area contributed by atoms with Crippen LogP contribution in [0.15, 0.2) is 24.3 Å². The van der Waals surface area contributed by atoms with Crippen LogP contribution in [-0.4, -0.2) is 35.6 Å². The molecule has 0 aliphatic carbocycles. The van der Waals surface area contributed by atoms with Gasteiger partial charge >= 0.3 is 0 Å². The van der Waals surface area contributed by atoms with E-state index in [0.717, 1.165) is 5.69 Å². The monoisotopic (exact) mass is 380 g/mol. The number of hydrogen-bond donors (Lipinski definition) is 2. The number of anilines is 1. The number of carbonyl (C=O) groups excluding carboxylic acids is 1. The molecule has 2 aliphatic rings. The molecule has 2 N–H and O–H groups in total. The van der Waals surface area contributed by atoms with E-state index < -0.39 is 16.0 Å². The summed E-state index contributed by atoms with van der Waals surface area (Å²) in [6.45, 7) is 1.80. The second-order valence-corrected chi connectivity index (χ2v) is 8.97. The van der Waals surface area contributed by atoms with Gasteiger partial charge < -0.3 is 10.6 Å². The summed E-state index contributed by atoms with van der Waals surface area (Å²) >= 11 is 6.53. The summed E-state index contributed by atoms with van der Waals surface area (Å²) in [5.74, 6) is 0.000203. The highest BCUT2D eigenvalue weighted by molar-refractivity contribution is 7.91. The van der Waals surface area contributed by atoms with E-state index in [0.29, 0.717) is 28.4 Å². The Hall–Kier alpha value is -2.06. The molecule has 2 aliphatic heterocycles. The third-order valence-electron chi connectivity index (χ3n) is 4.66. The van der Waals surface area contributed by atoms with Crippen LogP contribution in [0.3, 0.4) is 0 Å². The number of halogens is 1. The minimum absolute atomic E-state index is 0.0422. The van der Waals surface area contributed by atoms with Crippen molar-refractivity contribution >= 4 is 33.0 Å². The SMILES string of the molecule is Cc1nn([C@@H]2CCS(=O)(=O)C2)c(Cl)c1[C@@H]1NC(=O)c2ccccc2N1. The molecule has 2 atom stereocenters. The summed E-state index contributed by atoms with van der Waals surface area (Å²) in [6, 6.07) is 6.96. The van der Waals surface area contributed by atoms with Gasteiger partial charge in [0.2, 0.25) is 0 Å². The van der Waals surface area contributed by atoms with Crippen LogP contribution >= 0.6 is 11.6 Å². The number of rotatable bonds is 2. The Balaban J connectivity index is 1.69. The zero-order chi connectivity index (χ0) is 17.8. The van der Waals surface area contributed by atoms with E-state index in [4.69, 9.17) is 11.6 Å². The van der Waals surface area contributed by atoms with Crippen molar-refractivity contribution in [2.24, 2.45) is 0 Å². The van der Waals surface area contributed by atoms with Crippen molar-refractivity contribution in [3.8, 4) is 0 Å². The van der Waals surface area contributed by atoms with E-state index in [1.54, 1.807) is 23.7 Å². The predicted molar refractivity (Wildman–Crippen MR) is 94.6 cm³/mol. The molecule has 0 unspecified atom stereocenters. The standard InChI is InChI=1S/C16H17ClN4O3S/c1-9-13(14(17)21(20-9)10-6-7-25(23,24)8-10)15-18-12-5-3-2-4-11(12)16(22)19-15/h2-5,10,15,18H,6-8H2,1H3,(H,19,22)/t10-,15+/m1/s1. The van der Waals surface area contributed by atoms with Gasteiger partial charge in [0, 0.05) is 5.69 Å². The van der Waals surface area contributed by atoms with Crippen molar-refractivity contribution in [3.63, 3.8) is 0 Å². The second-order valence-electron chi connectivity index (χ2n) is 6.39. The van der Waals surface area contributed by atoms with Crippen molar-refractivity contribution < 1.29 is 13.2 Å². The van der Waals surface area contributed by atoms with Gasteiger partial charge in [-0.25, -0.2) is 13.1 Å². The normalized spacial score (nSPS) is 24.5. The number of carbonyl (C=O) groups is 1. The van der Waals surface area contributed by atoms with Gasteiger partial charge in [0.25, 0.3) is 5.91 Å². The van der Waals surface area contributed by atoms with Gasteiger partial charge in [-0.15, -0.1) is 0 Å². The number of sulfone groups is 1. The maximum atomic E-state index is 12.3. The topological polar surface area (TPSA) is 93.1 Å². The fourth-order valence-electron chi connectivity index (χ4n) is 3.42. The lowest BCUT2D eigenvalue weighted by Crippen LogP contribution is -2.38. The van der Waals surface area contributed by atoms with E-state index in [1.807, 2.05) is 12.1 Å². The number of benzene rings is 1. The molecule has 7 nitrogen and oxygen atoms in total. The second kappa shape index (κ2) is 5.74. The van der Waals surface area contributed by atoms with E-state index in [9.17, 15) is 13.2 Å². The number of para-hydroxylation sites is 1. The first-order valence-electron chi connectivity index (χ1n) is 7.97. The van der Waals surface area contributed by atoms with Gasteiger partial charge in [0.05, 0.1) is 34.4 Å². The molecule has 1 aromatic carbocycles. The molecule has 9 heteroatoms. The predicted octanol–water partition coefficient (Wildman–Crippen LogP) is 2.06. The Labute approximate surface area is 150 Å². The smallest absolute Gasteiger partial charge is 0.255 e. The van der Waals surface area contributed by atoms with Crippen LogP contribution in [0.1, 0.15) is 40.2 Å². The average Bonchev–Trinajstić information content (AvgIpc) is 3.06. The van der Waals surface area contributed by atoms with E-state index >= 15 is 0 Å². The van der Waals surface area contributed by atoms with Crippen molar-refractivity contribution in [2.75, 3.05) is 16.8 Å². The molecule has 1 amide bonds. The lowest BCUT2D eigenvalue weighted by molar-refractivity contribution is 0.0935. The van der Waals surface area contributed by atoms with E-state index in [-0.39, 0.29) is 23.5 Å². The van der Waals surface area contributed by atoms with Crippen molar-refractivity contribution in [3.05, 3.63) is 46.2 Å². The molecule has 2 aromatic rings. The third kappa shape index (κ3) is 2.79. The van der Waals surface area contributed by atoms with E-state index in [2.05, 4.69) is 15.7 Å². The highest BCUT2D eigenvalue weighted by Crippen LogP contribution is 2.35. The lowest BCUT2D eigenvalue weighted by atomic mass is 10.1. The molecule has 0 spiro atoms. The summed E-state index contributed by atoms with van der Waals surface area (Å²) in [4.78, 5) is 12.3. The van der Waals surface area contributed by atoms with Crippen molar-refractivity contribution in [2.45, 2.75) is 25.6 Å². The number of aromatic nitrogens is 2. The Morgan fingerprint density at radius 3 is 2.76 bits per heavy atom. The third-order valence-corrected chi connectivity index (χ3v) is 6.79. The minimum atomic E-state index is -3.04. The molecule has 1 aromatic heterocycles. The number of nitrogens with one attached hydrogen (secondary N) is 2. The molecule has 1 fully saturated rings. The first kappa shape index (κ1) is 16.4. The number of amides is 1. The van der Waals surface area contributed by atoms with Crippen LogP contribution in [0, 0.1) is 6.92 Å². The van der Waals surface area contributed by atoms with Crippen molar-refractivity contribution in [1.29, 1.82) is 0 Å². The fraction of sp³-hybridized carbons (Fsp3) is 0.375. The molecule has 0 bridgehead atoms. The van der Waals surface area contributed by atoms with Crippen LogP contribution in [0.2, 0.25) is 5.15 Å².